The van der Waals surface area contributed by atoms with Gasteiger partial charge in [0.15, 0.2) is 6.61 Å². The van der Waals surface area contributed by atoms with Gasteiger partial charge in [-0.2, -0.15) is 0 Å². The third-order valence-electron chi connectivity index (χ3n) is 4.95. The van der Waals surface area contributed by atoms with Gasteiger partial charge in [0.1, 0.15) is 17.1 Å². The fourth-order valence-corrected chi connectivity index (χ4v) is 3.41. The summed E-state index contributed by atoms with van der Waals surface area (Å²) in [5.74, 6) is 1.06. The Bertz CT molecular complexity index is 1270. The van der Waals surface area contributed by atoms with E-state index in [-0.39, 0.29) is 12.5 Å². The number of ether oxygens (including phenoxy) is 2. The van der Waals surface area contributed by atoms with Crippen LogP contribution in [0.15, 0.2) is 63.9 Å². The molecular formula is C23H22N2O5. The van der Waals surface area contributed by atoms with E-state index in [1.54, 1.807) is 19.2 Å². The van der Waals surface area contributed by atoms with Crippen LogP contribution in [-0.2, 0) is 11.3 Å². The van der Waals surface area contributed by atoms with E-state index in [0.29, 0.717) is 24.4 Å². The Morgan fingerprint density at radius 3 is 2.77 bits per heavy atom. The lowest BCUT2D eigenvalue weighted by Gasteiger charge is -2.10. The monoisotopic (exact) mass is 406 g/mol. The molecule has 4 aromatic rings. The molecule has 1 N–H and O–H groups in total. The highest BCUT2D eigenvalue weighted by Gasteiger charge is 2.07. The molecule has 0 aliphatic heterocycles. The van der Waals surface area contributed by atoms with Crippen molar-refractivity contribution < 1.29 is 18.7 Å². The van der Waals surface area contributed by atoms with E-state index >= 15 is 0 Å². The van der Waals surface area contributed by atoms with Crippen LogP contribution < -0.4 is 20.4 Å². The first-order valence-corrected chi connectivity index (χ1v) is 9.60. The van der Waals surface area contributed by atoms with Crippen LogP contribution in [0, 0.1) is 6.92 Å². The first-order valence-electron chi connectivity index (χ1n) is 9.60. The second-order valence-corrected chi connectivity index (χ2v) is 6.98. The number of rotatable bonds is 7. The molecule has 0 saturated carbocycles. The zero-order valence-electron chi connectivity index (χ0n) is 16.8. The smallest absolute Gasteiger partial charge is 0.336 e. The summed E-state index contributed by atoms with van der Waals surface area (Å²) in [5, 5.41) is 4.77. The van der Waals surface area contributed by atoms with Crippen LogP contribution in [0.3, 0.4) is 0 Å². The van der Waals surface area contributed by atoms with Gasteiger partial charge in [-0.1, -0.05) is 0 Å². The number of carbonyl (C=O) groups is 1. The molecular weight excluding hydrogens is 384 g/mol. The molecule has 0 atom stereocenters. The van der Waals surface area contributed by atoms with E-state index in [2.05, 4.69) is 9.88 Å². The third-order valence-corrected chi connectivity index (χ3v) is 4.95. The number of aromatic nitrogens is 1. The van der Waals surface area contributed by atoms with Gasteiger partial charge < -0.3 is 23.8 Å². The number of methoxy groups -OCH3 is 1. The standard InChI is InChI=1S/C23H22N2O5/c1-15-11-23(27)30-21-13-18(3-5-19(15)21)29-14-22(26)24-8-10-25-9-7-16-12-17(28-2)4-6-20(16)25/h3-7,9,11-13H,8,10,14H2,1-2H3,(H,24,26). The van der Waals surface area contributed by atoms with Crippen LogP contribution in [0.4, 0.5) is 0 Å². The zero-order chi connectivity index (χ0) is 21.1. The lowest BCUT2D eigenvalue weighted by molar-refractivity contribution is -0.123. The third kappa shape index (κ3) is 4.15. The maximum atomic E-state index is 12.1. The van der Waals surface area contributed by atoms with Crippen LogP contribution in [0.2, 0.25) is 0 Å². The first-order chi connectivity index (χ1) is 14.5. The minimum absolute atomic E-state index is 0.120. The van der Waals surface area contributed by atoms with Crippen molar-refractivity contribution in [3.05, 3.63) is 70.7 Å². The van der Waals surface area contributed by atoms with Gasteiger partial charge in [-0.15, -0.1) is 0 Å². The molecule has 0 spiro atoms. The van der Waals surface area contributed by atoms with Gasteiger partial charge in [-0.25, -0.2) is 4.79 Å². The van der Waals surface area contributed by atoms with Crippen LogP contribution in [0.5, 0.6) is 11.5 Å². The molecule has 1 amide bonds. The molecule has 154 valence electrons. The lowest BCUT2D eigenvalue weighted by Crippen LogP contribution is -2.31. The summed E-state index contributed by atoms with van der Waals surface area (Å²) >= 11 is 0. The van der Waals surface area contributed by atoms with Crippen LogP contribution in [0.1, 0.15) is 5.56 Å². The SMILES string of the molecule is COc1ccc2c(ccn2CCNC(=O)COc2ccc3c(C)cc(=O)oc3c2)c1. The van der Waals surface area contributed by atoms with E-state index in [1.807, 2.05) is 43.5 Å². The number of nitrogens with one attached hydrogen (secondary N) is 1. The first kappa shape index (κ1) is 19.6. The Morgan fingerprint density at radius 1 is 1.10 bits per heavy atom. The summed E-state index contributed by atoms with van der Waals surface area (Å²) in [5.41, 5.74) is 1.94. The molecule has 4 rings (SSSR count). The lowest BCUT2D eigenvalue weighted by atomic mass is 10.1. The fraction of sp³-hybridized carbons (Fsp3) is 0.217. The van der Waals surface area contributed by atoms with E-state index < -0.39 is 5.63 Å². The minimum atomic E-state index is -0.411. The van der Waals surface area contributed by atoms with E-state index in [1.165, 1.54) is 6.07 Å². The average Bonchev–Trinajstić information content (AvgIpc) is 3.14. The molecule has 0 unspecified atom stereocenters. The molecule has 0 saturated heterocycles. The van der Waals surface area contributed by atoms with Gasteiger partial charge in [0, 0.05) is 47.7 Å². The molecule has 0 aliphatic rings. The maximum Gasteiger partial charge on any atom is 0.336 e. The summed E-state index contributed by atoms with van der Waals surface area (Å²) in [6.45, 7) is 2.84. The highest BCUT2D eigenvalue weighted by atomic mass is 16.5. The van der Waals surface area contributed by atoms with E-state index in [0.717, 1.165) is 27.6 Å². The number of amides is 1. The predicted molar refractivity (Wildman–Crippen MR) is 114 cm³/mol. The molecule has 2 aromatic heterocycles. The van der Waals surface area contributed by atoms with Crippen LogP contribution >= 0.6 is 0 Å². The molecule has 7 nitrogen and oxygen atoms in total. The van der Waals surface area contributed by atoms with Gasteiger partial charge in [-0.05, 0) is 48.9 Å². The van der Waals surface area contributed by atoms with Crippen molar-refractivity contribution in [2.24, 2.45) is 0 Å². The van der Waals surface area contributed by atoms with Crippen molar-refractivity contribution >= 4 is 27.8 Å². The number of carbonyl (C=O) groups excluding carboxylic acids is 1. The highest BCUT2D eigenvalue weighted by molar-refractivity contribution is 5.82. The van der Waals surface area contributed by atoms with Crippen molar-refractivity contribution in [3.8, 4) is 11.5 Å². The summed E-state index contributed by atoms with van der Waals surface area (Å²) in [7, 11) is 1.64. The Hall–Kier alpha value is -3.74. The predicted octanol–water partition coefficient (Wildman–Crippen LogP) is 3.26. The summed E-state index contributed by atoms with van der Waals surface area (Å²) < 4.78 is 18.1. The van der Waals surface area contributed by atoms with E-state index in [9.17, 15) is 9.59 Å². The van der Waals surface area contributed by atoms with Gasteiger partial charge in [-0.3, -0.25) is 4.79 Å². The highest BCUT2D eigenvalue weighted by Crippen LogP contribution is 2.23. The Kier molecular flexibility index (Phi) is 5.43. The second-order valence-electron chi connectivity index (χ2n) is 6.98. The Balaban J connectivity index is 1.31. The average molecular weight is 406 g/mol. The molecule has 7 heteroatoms. The summed E-state index contributed by atoms with van der Waals surface area (Å²) in [6, 6.07) is 14.5. The normalized spacial score (nSPS) is 11.0. The topological polar surface area (TPSA) is 82.7 Å². The zero-order valence-corrected chi connectivity index (χ0v) is 16.8. The van der Waals surface area contributed by atoms with E-state index in [4.69, 9.17) is 13.9 Å². The van der Waals surface area contributed by atoms with Gasteiger partial charge >= 0.3 is 5.63 Å². The van der Waals surface area contributed by atoms with Crippen molar-refractivity contribution in [3.63, 3.8) is 0 Å². The Labute approximate surface area is 172 Å². The van der Waals surface area contributed by atoms with Crippen molar-refractivity contribution in [2.75, 3.05) is 20.3 Å². The van der Waals surface area contributed by atoms with Crippen LogP contribution in [0.25, 0.3) is 21.9 Å². The number of hydrogen-bond acceptors (Lipinski definition) is 5. The van der Waals surface area contributed by atoms with Crippen molar-refractivity contribution in [1.29, 1.82) is 0 Å². The van der Waals surface area contributed by atoms with Crippen molar-refractivity contribution in [1.82, 2.24) is 9.88 Å². The minimum Gasteiger partial charge on any atom is -0.497 e. The number of nitrogens with zero attached hydrogens (tertiary/aromatic N) is 1. The van der Waals surface area contributed by atoms with Gasteiger partial charge in [0.2, 0.25) is 0 Å². The second kappa shape index (κ2) is 8.32. The van der Waals surface area contributed by atoms with Crippen LogP contribution in [-0.4, -0.2) is 30.7 Å². The summed E-state index contributed by atoms with van der Waals surface area (Å²) in [6.07, 6.45) is 1.98. The van der Waals surface area contributed by atoms with Gasteiger partial charge in [0.25, 0.3) is 5.91 Å². The molecule has 30 heavy (non-hydrogen) atoms. The number of benzene rings is 2. The quantitative estimate of drug-likeness (QED) is 0.477. The molecule has 0 fully saturated rings. The number of hydrogen-bond donors (Lipinski definition) is 1. The largest absolute Gasteiger partial charge is 0.497 e. The number of fused-ring (bicyclic) bond motifs is 2. The molecule has 0 aliphatic carbocycles. The van der Waals surface area contributed by atoms with Gasteiger partial charge in [0.05, 0.1) is 7.11 Å². The Morgan fingerprint density at radius 2 is 1.93 bits per heavy atom. The fourth-order valence-electron chi connectivity index (χ4n) is 3.41. The molecule has 0 bridgehead atoms. The molecule has 2 aromatic carbocycles. The summed E-state index contributed by atoms with van der Waals surface area (Å²) in [4.78, 5) is 23.7. The molecule has 0 radical (unpaired) electrons. The maximum absolute atomic E-state index is 12.1. The van der Waals surface area contributed by atoms with Crippen molar-refractivity contribution in [2.45, 2.75) is 13.5 Å². The molecule has 2 heterocycles. The number of aryl methyl sites for hydroxylation is 1.